The molecular weight excluding hydrogens is 262 g/mol. The minimum atomic E-state index is -0.379. The summed E-state index contributed by atoms with van der Waals surface area (Å²) in [5, 5.41) is 10.7. The topological polar surface area (TPSA) is 59.3 Å². The van der Waals surface area contributed by atoms with Gasteiger partial charge < -0.3 is 9.47 Å². The third-order valence-corrected chi connectivity index (χ3v) is 3.38. The molecule has 1 aromatic carbocycles. The van der Waals surface area contributed by atoms with Crippen LogP contribution in [0, 0.1) is 11.3 Å². The Labute approximate surface area is 114 Å². The summed E-state index contributed by atoms with van der Waals surface area (Å²) in [6.45, 7) is 0.337. The molecule has 0 amide bonds. The zero-order valence-electron chi connectivity index (χ0n) is 10.3. The first kappa shape index (κ1) is 13.1. The van der Waals surface area contributed by atoms with Crippen molar-refractivity contribution < 1.29 is 14.3 Å². The Balaban J connectivity index is 2.01. The maximum atomic E-state index is 11.3. The van der Waals surface area contributed by atoms with Crippen LogP contribution in [0.2, 0.25) is 0 Å². The van der Waals surface area contributed by atoms with E-state index in [1.807, 2.05) is 11.4 Å². The number of carbonyl (C=O) groups excluding carboxylic acids is 1. The van der Waals surface area contributed by atoms with Gasteiger partial charge in [0.05, 0.1) is 12.7 Å². The molecule has 0 N–H and O–H groups in total. The van der Waals surface area contributed by atoms with E-state index in [2.05, 4.69) is 10.8 Å². The Morgan fingerprint density at radius 1 is 1.32 bits per heavy atom. The second-order valence-electron chi connectivity index (χ2n) is 3.69. The van der Waals surface area contributed by atoms with Crippen molar-refractivity contribution in [1.29, 1.82) is 5.26 Å². The normalized spacial score (nSPS) is 9.68. The molecule has 4 nitrogen and oxygen atoms in total. The average Bonchev–Trinajstić information content (AvgIpc) is 2.92. The number of nitriles is 1. The predicted octanol–water partition coefficient (Wildman–Crippen LogP) is 2.99. The number of thiophene rings is 1. The molecule has 1 aromatic heterocycles. The molecular formula is C14H11NO3S. The van der Waals surface area contributed by atoms with E-state index in [1.54, 1.807) is 24.3 Å². The number of hydrogen-bond donors (Lipinski definition) is 0. The maximum absolute atomic E-state index is 11.3. The molecule has 0 fully saturated rings. The van der Waals surface area contributed by atoms with Crippen LogP contribution in [-0.4, -0.2) is 13.1 Å². The maximum Gasteiger partial charge on any atom is 0.337 e. The molecule has 5 heteroatoms. The molecule has 1 heterocycles. The lowest BCUT2D eigenvalue weighted by atomic mass is 10.2. The lowest BCUT2D eigenvalue weighted by molar-refractivity contribution is 0.0600. The van der Waals surface area contributed by atoms with Gasteiger partial charge in [0.25, 0.3) is 0 Å². The molecule has 2 rings (SSSR count). The van der Waals surface area contributed by atoms with Crippen LogP contribution in [0.1, 0.15) is 20.8 Å². The Bertz CT molecular complexity index is 610. The lowest BCUT2D eigenvalue weighted by Gasteiger charge is -2.06. The number of benzene rings is 1. The van der Waals surface area contributed by atoms with Crippen LogP contribution >= 0.6 is 11.3 Å². The summed E-state index contributed by atoms with van der Waals surface area (Å²) in [7, 11) is 1.34. The average molecular weight is 273 g/mol. The van der Waals surface area contributed by atoms with Crippen LogP contribution in [0.3, 0.4) is 0 Å². The zero-order valence-corrected chi connectivity index (χ0v) is 11.1. The highest BCUT2D eigenvalue weighted by atomic mass is 32.1. The van der Waals surface area contributed by atoms with E-state index in [1.165, 1.54) is 18.4 Å². The molecule has 2 aromatic rings. The first-order chi connectivity index (χ1) is 9.24. The van der Waals surface area contributed by atoms with Gasteiger partial charge in [-0.25, -0.2) is 4.79 Å². The van der Waals surface area contributed by atoms with Crippen molar-refractivity contribution in [3.8, 4) is 11.8 Å². The van der Waals surface area contributed by atoms with Gasteiger partial charge in [-0.05, 0) is 35.7 Å². The number of hydrogen-bond acceptors (Lipinski definition) is 5. The van der Waals surface area contributed by atoms with Crippen molar-refractivity contribution in [2.45, 2.75) is 6.61 Å². The van der Waals surface area contributed by atoms with E-state index in [0.29, 0.717) is 22.8 Å². The van der Waals surface area contributed by atoms with Gasteiger partial charge in [-0.3, -0.25) is 0 Å². The highest BCUT2D eigenvalue weighted by Crippen LogP contribution is 2.19. The molecule has 0 saturated carbocycles. The van der Waals surface area contributed by atoms with E-state index in [9.17, 15) is 4.79 Å². The van der Waals surface area contributed by atoms with Gasteiger partial charge >= 0.3 is 5.97 Å². The summed E-state index contributed by atoms with van der Waals surface area (Å²) in [5.74, 6) is 0.263. The van der Waals surface area contributed by atoms with Crippen LogP contribution < -0.4 is 4.74 Å². The number of nitrogens with zero attached hydrogens (tertiary/aromatic N) is 1. The Kier molecular flexibility index (Phi) is 4.16. The zero-order chi connectivity index (χ0) is 13.7. The summed E-state index contributed by atoms with van der Waals surface area (Å²) >= 11 is 1.39. The highest BCUT2D eigenvalue weighted by Gasteiger charge is 2.06. The van der Waals surface area contributed by atoms with E-state index in [4.69, 9.17) is 10.00 Å². The molecule has 19 heavy (non-hydrogen) atoms. The first-order valence-corrected chi connectivity index (χ1v) is 6.40. The molecule has 0 unspecified atom stereocenters. The second kappa shape index (κ2) is 6.03. The largest absolute Gasteiger partial charge is 0.489 e. The molecule has 0 saturated heterocycles. The standard InChI is InChI=1S/C14H11NO3S/c1-17-14(16)10-2-4-12(5-3-10)18-9-11-6-7-19-13(11)8-15/h2-7H,9H2,1H3. The Hall–Kier alpha value is -2.32. The number of ether oxygens (including phenoxy) is 2. The third-order valence-electron chi connectivity index (χ3n) is 2.52. The van der Waals surface area contributed by atoms with Gasteiger partial charge in [-0.1, -0.05) is 0 Å². The quantitative estimate of drug-likeness (QED) is 0.803. The van der Waals surface area contributed by atoms with E-state index in [-0.39, 0.29) is 5.97 Å². The number of rotatable bonds is 4. The van der Waals surface area contributed by atoms with Gasteiger partial charge in [0.15, 0.2) is 0 Å². The summed E-state index contributed by atoms with van der Waals surface area (Å²) in [6.07, 6.45) is 0. The lowest BCUT2D eigenvalue weighted by Crippen LogP contribution is -2.01. The van der Waals surface area contributed by atoms with Crippen LogP contribution in [-0.2, 0) is 11.3 Å². The Morgan fingerprint density at radius 3 is 2.68 bits per heavy atom. The fraction of sp³-hybridized carbons (Fsp3) is 0.143. The van der Waals surface area contributed by atoms with Crippen molar-refractivity contribution >= 4 is 17.3 Å². The van der Waals surface area contributed by atoms with Gasteiger partial charge in [-0.15, -0.1) is 11.3 Å². The second-order valence-corrected chi connectivity index (χ2v) is 4.61. The summed E-state index contributed by atoms with van der Waals surface area (Å²) in [6, 6.07) is 10.7. The third kappa shape index (κ3) is 3.12. The number of carbonyl (C=O) groups is 1. The van der Waals surface area contributed by atoms with E-state index in [0.717, 1.165) is 5.56 Å². The Morgan fingerprint density at radius 2 is 2.05 bits per heavy atom. The van der Waals surface area contributed by atoms with Crippen molar-refractivity contribution in [3.05, 3.63) is 51.7 Å². The predicted molar refractivity (Wildman–Crippen MR) is 71.1 cm³/mol. The molecule has 0 spiro atoms. The summed E-state index contributed by atoms with van der Waals surface area (Å²) in [4.78, 5) is 11.9. The molecule has 0 aliphatic carbocycles. The van der Waals surface area contributed by atoms with Crippen molar-refractivity contribution in [2.24, 2.45) is 0 Å². The fourth-order valence-corrected chi connectivity index (χ4v) is 2.21. The van der Waals surface area contributed by atoms with Crippen molar-refractivity contribution in [3.63, 3.8) is 0 Å². The van der Waals surface area contributed by atoms with Crippen molar-refractivity contribution in [2.75, 3.05) is 7.11 Å². The van der Waals surface area contributed by atoms with Crippen LogP contribution in [0.4, 0.5) is 0 Å². The summed E-state index contributed by atoms with van der Waals surface area (Å²) in [5.41, 5.74) is 1.34. The van der Waals surface area contributed by atoms with Crippen LogP contribution in [0.5, 0.6) is 5.75 Å². The molecule has 0 atom stereocenters. The smallest absolute Gasteiger partial charge is 0.337 e. The first-order valence-electron chi connectivity index (χ1n) is 5.52. The molecule has 0 aliphatic rings. The van der Waals surface area contributed by atoms with E-state index < -0.39 is 0 Å². The molecule has 0 aliphatic heterocycles. The molecule has 0 bridgehead atoms. The van der Waals surface area contributed by atoms with Gasteiger partial charge in [-0.2, -0.15) is 5.26 Å². The monoisotopic (exact) mass is 273 g/mol. The molecule has 96 valence electrons. The highest BCUT2D eigenvalue weighted by molar-refractivity contribution is 7.10. The van der Waals surface area contributed by atoms with Gasteiger partial charge in [0.1, 0.15) is 23.3 Å². The molecule has 0 radical (unpaired) electrons. The van der Waals surface area contributed by atoms with Crippen molar-refractivity contribution in [1.82, 2.24) is 0 Å². The fourth-order valence-electron chi connectivity index (χ4n) is 1.51. The minimum absolute atomic E-state index is 0.337. The van der Waals surface area contributed by atoms with Gasteiger partial charge in [0.2, 0.25) is 0 Å². The minimum Gasteiger partial charge on any atom is -0.489 e. The number of methoxy groups -OCH3 is 1. The SMILES string of the molecule is COC(=O)c1ccc(OCc2ccsc2C#N)cc1. The summed E-state index contributed by atoms with van der Waals surface area (Å²) < 4.78 is 10.2. The van der Waals surface area contributed by atoms with Gasteiger partial charge in [0, 0.05) is 5.56 Å². The number of esters is 1. The van der Waals surface area contributed by atoms with Crippen LogP contribution in [0.15, 0.2) is 35.7 Å². The van der Waals surface area contributed by atoms with Crippen LogP contribution in [0.25, 0.3) is 0 Å². The van der Waals surface area contributed by atoms with E-state index >= 15 is 0 Å².